The molecule has 3 rings (SSSR count). The number of carbonyl (C=O) groups is 3. The van der Waals surface area contributed by atoms with Crippen molar-refractivity contribution in [3.05, 3.63) is 71.8 Å². The van der Waals surface area contributed by atoms with Crippen LogP contribution in [-0.4, -0.2) is 68.0 Å². The van der Waals surface area contributed by atoms with Crippen molar-refractivity contribution in [3.63, 3.8) is 0 Å². The molecule has 164 valence electrons. The van der Waals surface area contributed by atoms with Gasteiger partial charge in [-0.25, -0.2) is 9.59 Å². The van der Waals surface area contributed by atoms with Crippen molar-refractivity contribution in [2.45, 2.75) is 31.5 Å². The van der Waals surface area contributed by atoms with E-state index in [0.29, 0.717) is 11.1 Å². The maximum Gasteiger partial charge on any atom is 0.338 e. The molecule has 31 heavy (non-hydrogen) atoms. The van der Waals surface area contributed by atoms with E-state index in [9.17, 15) is 14.4 Å². The Morgan fingerprint density at radius 1 is 0.935 bits per heavy atom. The van der Waals surface area contributed by atoms with Crippen molar-refractivity contribution in [3.8, 4) is 0 Å². The summed E-state index contributed by atoms with van der Waals surface area (Å²) in [6.45, 7) is 1.25. The van der Waals surface area contributed by atoms with Crippen LogP contribution in [0, 0.1) is 0 Å². The molecule has 2 aromatic rings. The lowest BCUT2D eigenvalue weighted by Gasteiger charge is -2.31. The molecule has 0 saturated carbocycles. The van der Waals surface area contributed by atoms with E-state index in [2.05, 4.69) is 0 Å². The summed E-state index contributed by atoms with van der Waals surface area (Å²) in [6.07, 6.45) is -2.59. The second kappa shape index (κ2) is 10.2. The highest BCUT2D eigenvalue weighted by Gasteiger charge is 2.50. The first kappa shape index (κ1) is 22.5. The van der Waals surface area contributed by atoms with Gasteiger partial charge in [-0.05, 0) is 24.3 Å². The lowest BCUT2D eigenvalue weighted by atomic mass is 10.1. The van der Waals surface area contributed by atoms with E-state index in [1.54, 1.807) is 67.7 Å². The number of methoxy groups -OCH3 is 1. The van der Waals surface area contributed by atoms with E-state index < -0.39 is 36.5 Å². The topological polar surface area (TPSA) is 91.4 Å². The van der Waals surface area contributed by atoms with Crippen molar-refractivity contribution < 1.29 is 33.3 Å². The van der Waals surface area contributed by atoms with E-state index in [1.165, 1.54) is 18.9 Å². The van der Waals surface area contributed by atoms with Crippen molar-refractivity contribution in [1.82, 2.24) is 4.90 Å². The van der Waals surface area contributed by atoms with Gasteiger partial charge in [-0.3, -0.25) is 4.79 Å². The minimum absolute atomic E-state index is 0.144. The number of likely N-dealkylation sites (N-methyl/N-ethyl adjacent to an activating group) is 1. The molecule has 0 aromatic heterocycles. The highest BCUT2D eigenvalue weighted by atomic mass is 16.7. The second-order valence-corrected chi connectivity index (χ2v) is 7.10. The Bertz CT molecular complexity index is 903. The minimum Gasteiger partial charge on any atom is -0.459 e. The number of hydrogen-bond acceptors (Lipinski definition) is 7. The number of amides is 1. The molecule has 1 aliphatic rings. The third-order valence-corrected chi connectivity index (χ3v) is 5.11. The zero-order valence-corrected chi connectivity index (χ0v) is 17.6. The standard InChI is InChI=1S/C23H25NO7/c1-15(25)24(2)19-18(14-29-21(26)16-10-6-4-7-11-16)30-23(28-3)20(19)31-22(27)17-12-8-5-9-13-17/h4-13,18-20,23H,14H2,1-3H3/t18-,19+,20-,23+/m1/s1. The molecule has 1 amide bonds. The number of ether oxygens (including phenoxy) is 4. The van der Waals surface area contributed by atoms with Gasteiger partial charge >= 0.3 is 11.9 Å². The van der Waals surface area contributed by atoms with E-state index in [1.807, 2.05) is 0 Å². The van der Waals surface area contributed by atoms with Gasteiger partial charge in [0.1, 0.15) is 18.8 Å². The Hall–Kier alpha value is -3.23. The van der Waals surface area contributed by atoms with Crippen molar-refractivity contribution in [1.29, 1.82) is 0 Å². The molecule has 1 fully saturated rings. The molecule has 8 nitrogen and oxygen atoms in total. The SMILES string of the molecule is CO[C@H]1O[C@H](COC(=O)c2ccccc2)[C@H](N(C)C(C)=O)[C@H]1OC(=O)c1ccccc1. The maximum absolute atomic E-state index is 12.6. The van der Waals surface area contributed by atoms with Crippen LogP contribution in [0.25, 0.3) is 0 Å². The number of nitrogens with zero attached hydrogens (tertiary/aromatic N) is 1. The lowest BCUT2D eigenvalue weighted by molar-refractivity contribution is -0.155. The van der Waals surface area contributed by atoms with Crippen LogP contribution in [0.2, 0.25) is 0 Å². The maximum atomic E-state index is 12.6. The molecule has 2 aromatic carbocycles. The molecule has 0 bridgehead atoms. The quantitative estimate of drug-likeness (QED) is 0.626. The van der Waals surface area contributed by atoms with Crippen LogP contribution in [0.1, 0.15) is 27.6 Å². The Labute approximate surface area is 180 Å². The van der Waals surface area contributed by atoms with Crippen LogP contribution in [-0.2, 0) is 23.7 Å². The van der Waals surface area contributed by atoms with Gasteiger partial charge in [-0.15, -0.1) is 0 Å². The van der Waals surface area contributed by atoms with Gasteiger partial charge in [0.2, 0.25) is 5.91 Å². The smallest absolute Gasteiger partial charge is 0.338 e. The molecular weight excluding hydrogens is 402 g/mol. The predicted octanol–water partition coefficient (Wildman–Crippen LogP) is 2.29. The molecule has 0 radical (unpaired) electrons. The molecule has 0 aliphatic carbocycles. The molecular formula is C23H25NO7. The summed E-state index contributed by atoms with van der Waals surface area (Å²) >= 11 is 0. The molecule has 8 heteroatoms. The zero-order chi connectivity index (χ0) is 22.4. The summed E-state index contributed by atoms with van der Waals surface area (Å²) in [6, 6.07) is 16.3. The van der Waals surface area contributed by atoms with Crippen LogP contribution < -0.4 is 0 Å². The Kier molecular flexibility index (Phi) is 7.38. The average molecular weight is 427 g/mol. The van der Waals surface area contributed by atoms with Gasteiger partial charge in [0, 0.05) is 21.1 Å². The predicted molar refractivity (Wildman–Crippen MR) is 110 cm³/mol. The van der Waals surface area contributed by atoms with Crippen LogP contribution in [0.4, 0.5) is 0 Å². The van der Waals surface area contributed by atoms with Gasteiger partial charge in [0.05, 0.1) is 11.1 Å². The summed E-state index contributed by atoms with van der Waals surface area (Å²) < 4.78 is 22.3. The van der Waals surface area contributed by atoms with Crippen LogP contribution in [0.15, 0.2) is 60.7 Å². The van der Waals surface area contributed by atoms with E-state index in [-0.39, 0.29) is 12.5 Å². The van der Waals surface area contributed by atoms with Gasteiger partial charge in [-0.2, -0.15) is 0 Å². The zero-order valence-electron chi connectivity index (χ0n) is 17.6. The fourth-order valence-electron chi connectivity index (χ4n) is 3.42. The fraction of sp³-hybridized carbons (Fsp3) is 0.348. The summed E-state index contributed by atoms with van der Waals surface area (Å²) in [4.78, 5) is 38.5. The van der Waals surface area contributed by atoms with Crippen LogP contribution >= 0.6 is 0 Å². The minimum atomic E-state index is -0.931. The highest BCUT2D eigenvalue weighted by molar-refractivity contribution is 5.90. The number of rotatable bonds is 7. The summed E-state index contributed by atoms with van der Waals surface area (Å²) in [5.74, 6) is -1.35. The van der Waals surface area contributed by atoms with E-state index >= 15 is 0 Å². The average Bonchev–Trinajstić information content (AvgIpc) is 3.14. The normalized spacial score (nSPS) is 22.5. The van der Waals surface area contributed by atoms with Gasteiger partial charge in [0.25, 0.3) is 0 Å². The first-order valence-electron chi connectivity index (χ1n) is 9.82. The largest absolute Gasteiger partial charge is 0.459 e. The molecule has 0 unspecified atom stereocenters. The number of hydrogen-bond donors (Lipinski definition) is 0. The monoisotopic (exact) mass is 427 g/mol. The third kappa shape index (κ3) is 5.28. The van der Waals surface area contributed by atoms with Gasteiger partial charge in [-0.1, -0.05) is 36.4 Å². The Morgan fingerprint density at radius 2 is 1.48 bits per heavy atom. The van der Waals surface area contributed by atoms with Crippen molar-refractivity contribution in [2.24, 2.45) is 0 Å². The molecule has 0 N–H and O–H groups in total. The molecule has 1 saturated heterocycles. The molecule has 1 aliphatic heterocycles. The Morgan fingerprint density at radius 3 is 2.00 bits per heavy atom. The van der Waals surface area contributed by atoms with Gasteiger partial charge < -0.3 is 23.8 Å². The molecule has 0 spiro atoms. The fourth-order valence-corrected chi connectivity index (χ4v) is 3.42. The second-order valence-electron chi connectivity index (χ2n) is 7.10. The summed E-state index contributed by atoms with van der Waals surface area (Å²) in [5.41, 5.74) is 0.757. The van der Waals surface area contributed by atoms with Crippen LogP contribution in [0.3, 0.4) is 0 Å². The van der Waals surface area contributed by atoms with Crippen molar-refractivity contribution >= 4 is 17.8 Å². The third-order valence-electron chi connectivity index (χ3n) is 5.11. The number of benzene rings is 2. The summed E-state index contributed by atoms with van der Waals surface area (Å²) in [7, 11) is 2.99. The van der Waals surface area contributed by atoms with E-state index in [0.717, 1.165) is 0 Å². The number of esters is 2. The van der Waals surface area contributed by atoms with Gasteiger partial charge in [0.15, 0.2) is 12.4 Å². The number of carbonyl (C=O) groups excluding carboxylic acids is 3. The Balaban J connectivity index is 1.77. The molecule has 4 atom stereocenters. The highest BCUT2D eigenvalue weighted by Crippen LogP contribution is 2.29. The van der Waals surface area contributed by atoms with E-state index in [4.69, 9.17) is 18.9 Å². The summed E-state index contributed by atoms with van der Waals surface area (Å²) in [5, 5.41) is 0. The molecule has 1 heterocycles. The van der Waals surface area contributed by atoms with Crippen molar-refractivity contribution in [2.75, 3.05) is 20.8 Å². The van der Waals surface area contributed by atoms with Crippen LogP contribution in [0.5, 0.6) is 0 Å². The first-order chi connectivity index (χ1) is 14.9. The first-order valence-corrected chi connectivity index (χ1v) is 9.82. The lowest BCUT2D eigenvalue weighted by Crippen LogP contribution is -2.51.